The molecule has 100 valence electrons. The largest absolute Gasteiger partial charge is 0.508 e. The van der Waals surface area contributed by atoms with E-state index in [1.165, 1.54) is 0 Å². The summed E-state index contributed by atoms with van der Waals surface area (Å²) in [4.78, 5) is 4.44. The van der Waals surface area contributed by atoms with Crippen LogP contribution in [0.25, 0.3) is 22.8 Å². The van der Waals surface area contributed by atoms with E-state index in [-0.39, 0.29) is 5.75 Å². The highest BCUT2D eigenvalue weighted by Crippen LogP contribution is 2.28. The topological polar surface area (TPSA) is 59.2 Å². The summed E-state index contributed by atoms with van der Waals surface area (Å²) >= 11 is 0. The van der Waals surface area contributed by atoms with Crippen LogP contribution in [0.4, 0.5) is 0 Å². The third-order valence-electron chi connectivity index (χ3n) is 3.25. The Balaban J connectivity index is 2.04. The molecule has 0 saturated heterocycles. The zero-order chi connectivity index (χ0) is 14.1. The maximum atomic E-state index is 9.44. The van der Waals surface area contributed by atoms with Gasteiger partial charge in [-0.2, -0.15) is 4.98 Å². The second-order valence-electron chi connectivity index (χ2n) is 4.74. The number of phenolic OH excluding ortho intramolecular Hbond substituents is 1. The van der Waals surface area contributed by atoms with Crippen LogP contribution in [-0.4, -0.2) is 15.2 Å². The molecule has 0 aliphatic rings. The van der Waals surface area contributed by atoms with Crippen molar-refractivity contribution in [3.8, 4) is 28.6 Å². The summed E-state index contributed by atoms with van der Waals surface area (Å²) < 4.78 is 5.34. The first-order chi connectivity index (χ1) is 9.65. The van der Waals surface area contributed by atoms with Crippen molar-refractivity contribution in [2.24, 2.45) is 0 Å². The monoisotopic (exact) mass is 266 g/mol. The molecule has 0 atom stereocenters. The highest BCUT2D eigenvalue weighted by atomic mass is 16.5. The second kappa shape index (κ2) is 4.81. The predicted octanol–water partition coefficient (Wildman–Crippen LogP) is 3.73. The summed E-state index contributed by atoms with van der Waals surface area (Å²) in [5.41, 5.74) is 3.78. The van der Waals surface area contributed by atoms with Crippen molar-refractivity contribution in [1.29, 1.82) is 0 Å². The number of phenols is 1. The van der Waals surface area contributed by atoms with Crippen LogP contribution < -0.4 is 0 Å². The number of hydrogen-bond donors (Lipinski definition) is 1. The number of benzene rings is 2. The van der Waals surface area contributed by atoms with E-state index < -0.39 is 0 Å². The molecule has 1 heterocycles. The molecular weight excluding hydrogens is 252 g/mol. The fourth-order valence-corrected chi connectivity index (χ4v) is 2.15. The van der Waals surface area contributed by atoms with Gasteiger partial charge in [0.05, 0.1) is 0 Å². The molecule has 0 spiro atoms. The number of rotatable bonds is 2. The van der Waals surface area contributed by atoms with E-state index in [0.717, 1.165) is 22.3 Å². The fraction of sp³-hybridized carbons (Fsp3) is 0.125. The second-order valence-corrected chi connectivity index (χ2v) is 4.74. The van der Waals surface area contributed by atoms with Crippen LogP contribution in [0.15, 0.2) is 47.0 Å². The maximum Gasteiger partial charge on any atom is 0.258 e. The SMILES string of the molecule is Cc1ccccc1-c1noc(-c2ccc(O)cc2C)n1. The molecule has 3 rings (SSSR count). The lowest BCUT2D eigenvalue weighted by Crippen LogP contribution is -1.86. The highest BCUT2D eigenvalue weighted by Gasteiger charge is 2.13. The van der Waals surface area contributed by atoms with Crippen LogP contribution >= 0.6 is 0 Å². The lowest BCUT2D eigenvalue weighted by molar-refractivity contribution is 0.432. The maximum absolute atomic E-state index is 9.44. The molecule has 0 fully saturated rings. The summed E-state index contributed by atoms with van der Waals surface area (Å²) in [6.45, 7) is 3.91. The smallest absolute Gasteiger partial charge is 0.258 e. The summed E-state index contributed by atoms with van der Waals surface area (Å²) in [7, 11) is 0. The van der Waals surface area contributed by atoms with Crippen LogP contribution in [0.2, 0.25) is 0 Å². The number of aromatic hydroxyl groups is 1. The van der Waals surface area contributed by atoms with Crippen molar-refractivity contribution >= 4 is 0 Å². The average Bonchev–Trinajstić information content (AvgIpc) is 2.88. The van der Waals surface area contributed by atoms with Crippen LogP contribution in [0.5, 0.6) is 5.75 Å². The van der Waals surface area contributed by atoms with E-state index >= 15 is 0 Å². The Labute approximate surface area is 116 Å². The molecule has 0 unspecified atom stereocenters. The molecule has 1 N–H and O–H groups in total. The van der Waals surface area contributed by atoms with Crippen molar-refractivity contribution in [3.63, 3.8) is 0 Å². The summed E-state index contributed by atoms with van der Waals surface area (Å²) in [5.74, 6) is 1.26. The van der Waals surface area contributed by atoms with E-state index in [1.54, 1.807) is 18.2 Å². The molecule has 2 aromatic carbocycles. The van der Waals surface area contributed by atoms with E-state index in [4.69, 9.17) is 4.52 Å². The third kappa shape index (κ3) is 2.16. The molecule has 0 amide bonds. The van der Waals surface area contributed by atoms with E-state index in [1.807, 2.05) is 38.1 Å². The molecule has 0 radical (unpaired) electrons. The van der Waals surface area contributed by atoms with Gasteiger partial charge >= 0.3 is 0 Å². The molecule has 1 aromatic heterocycles. The van der Waals surface area contributed by atoms with Gasteiger partial charge < -0.3 is 9.63 Å². The predicted molar refractivity (Wildman–Crippen MR) is 76.3 cm³/mol. The Kier molecular flexibility index (Phi) is 2.99. The zero-order valence-electron chi connectivity index (χ0n) is 11.3. The number of aromatic nitrogens is 2. The standard InChI is InChI=1S/C16H14N2O2/c1-10-5-3-4-6-13(10)15-17-16(20-18-15)14-8-7-12(19)9-11(14)2/h3-9,19H,1-2H3. The molecule has 4 heteroatoms. The van der Waals surface area contributed by atoms with Gasteiger partial charge in [-0.15, -0.1) is 0 Å². The molecular formula is C16H14N2O2. The molecule has 0 aliphatic carbocycles. The van der Waals surface area contributed by atoms with Crippen LogP contribution in [0.1, 0.15) is 11.1 Å². The highest BCUT2D eigenvalue weighted by molar-refractivity contribution is 5.64. The van der Waals surface area contributed by atoms with Gasteiger partial charge in [0.25, 0.3) is 5.89 Å². The van der Waals surface area contributed by atoms with Gasteiger partial charge in [-0.05, 0) is 43.2 Å². The summed E-state index contributed by atoms with van der Waals surface area (Å²) in [6, 6.07) is 13.0. The van der Waals surface area contributed by atoms with Crippen molar-refractivity contribution < 1.29 is 9.63 Å². The van der Waals surface area contributed by atoms with E-state index in [2.05, 4.69) is 10.1 Å². The van der Waals surface area contributed by atoms with Gasteiger partial charge in [-0.25, -0.2) is 0 Å². The zero-order valence-corrected chi connectivity index (χ0v) is 11.3. The Morgan fingerprint density at radius 3 is 2.50 bits per heavy atom. The molecule has 0 bridgehead atoms. The first-order valence-electron chi connectivity index (χ1n) is 6.35. The molecule has 0 saturated carbocycles. The van der Waals surface area contributed by atoms with Gasteiger partial charge in [-0.1, -0.05) is 29.4 Å². The number of hydrogen-bond acceptors (Lipinski definition) is 4. The Bertz CT molecular complexity index is 763. The van der Waals surface area contributed by atoms with Gasteiger partial charge in [0, 0.05) is 11.1 Å². The van der Waals surface area contributed by atoms with Crippen molar-refractivity contribution in [3.05, 3.63) is 53.6 Å². The molecule has 3 aromatic rings. The third-order valence-corrected chi connectivity index (χ3v) is 3.25. The summed E-state index contributed by atoms with van der Waals surface area (Å²) in [5, 5.41) is 13.5. The first-order valence-corrected chi connectivity index (χ1v) is 6.35. The quantitative estimate of drug-likeness (QED) is 0.767. The van der Waals surface area contributed by atoms with Crippen molar-refractivity contribution in [2.75, 3.05) is 0 Å². The van der Waals surface area contributed by atoms with Gasteiger partial charge in [0.1, 0.15) is 5.75 Å². The van der Waals surface area contributed by atoms with Crippen LogP contribution in [0.3, 0.4) is 0 Å². The minimum absolute atomic E-state index is 0.227. The van der Waals surface area contributed by atoms with Crippen LogP contribution in [0, 0.1) is 13.8 Å². The number of nitrogens with zero attached hydrogens (tertiary/aromatic N) is 2. The number of aryl methyl sites for hydroxylation is 2. The minimum Gasteiger partial charge on any atom is -0.508 e. The summed E-state index contributed by atoms with van der Waals surface area (Å²) in [6.07, 6.45) is 0. The lowest BCUT2D eigenvalue weighted by atomic mass is 10.1. The van der Waals surface area contributed by atoms with Crippen LogP contribution in [-0.2, 0) is 0 Å². The van der Waals surface area contributed by atoms with E-state index in [0.29, 0.717) is 11.7 Å². The van der Waals surface area contributed by atoms with E-state index in [9.17, 15) is 5.11 Å². The Hall–Kier alpha value is -2.62. The Morgan fingerprint density at radius 1 is 0.950 bits per heavy atom. The Morgan fingerprint density at radius 2 is 1.75 bits per heavy atom. The minimum atomic E-state index is 0.227. The first kappa shape index (κ1) is 12.4. The van der Waals surface area contributed by atoms with Gasteiger partial charge in [0.2, 0.25) is 5.82 Å². The van der Waals surface area contributed by atoms with Gasteiger partial charge in [-0.3, -0.25) is 0 Å². The van der Waals surface area contributed by atoms with Crippen molar-refractivity contribution in [2.45, 2.75) is 13.8 Å². The fourth-order valence-electron chi connectivity index (χ4n) is 2.15. The van der Waals surface area contributed by atoms with Gasteiger partial charge in [0.15, 0.2) is 0 Å². The molecule has 0 aliphatic heterocycles. The normalized spacial score (nSPS) is 10.7. The average molecular weight is 266 g/mol. The van der Waals surface area contributed by atoms with Crippen molar-refractivity contribution in [1.82, 2.24) is 10.1 Å². The lowest BCUT2D eigenvalue weighted by Gasteiger charge is -2.00. The molecule has 4 nitrogen and oxygen atoms in total. The molecule has 20 heavy (non-hydrogen) atoms.